The fraction of sp³-hybridized carbons (Fsp3) is 0.444. The number of hydrogen-bond acceptors (Lipinski definition) is 5. The van der Waals surface area contributed by atoms with Crippen molar-refractivity contribution in [1.29, 1.82) is 0 Å². The zero-order valence-corrected chi connectivity index (χ0v) is 24.0. The van der Waals surface area contributed by atoms with E-state index in [0.717, 1.165) is 72.7 Å². The third-order valence-electron chi connectivity index (χ3n) is 7.44. The topological polar surface area (TPSA) is 63.4 Å². The van der Waals surface area contributed by atoms with Gasteiger partial charge in [-0.3, -0.25) is 14.8 Å². The molecule has 2 aliphatic heterocycles. The second-order valence-corrected chi connectivity index (χ2v) is 11.1. The summed E-state index contributed by atoms with van der Waals surface area (Å²) in [5, 5.41) is 0. The van der Waals surface area contributed by atoms with E-state index in [4.69, 9.17) is 4.98 Å². The molecule has 5 rings (SSSR count). The normalized spacial score (nSPS) is 18.6. The van der Waals surface area contributed by atoms with Gasteiger partial charge in [0.05, 0.1) is 91.9 Å². The molecule has 197 valence electrons. The number of piperazine rings is 2. The first-order valence-electron chi connectivity index (χ1n) is 12.6. The van der Waals surface area contributed by atoms with Gasteiger partial charge in [0.1, 0.15) is 0 Å². The average Bonchev–Trinajstić information content (AvgIpc) is 2.90. The van der Waals surface area contributed by atoms with Crippen molar-refractivity contribution in [3.05, 3.63) is 59.0 Å². The summed E-state index contributed by atoms with van der Waals surface area (Å²) >= 11 is 2.41. The molecule has 0 amide bonds. The van der Waals surface area contributed by atoms with E-state index in [0.29, 0.717) is 22.8 Å². The van der Waals surface area contributed by atoms with Gasteiger partial charge < -0.3 is 23.7 Å². The minimum atomic E-state index is -0.0848. The van der Waals surface area contributed by atoms with Crippen LogP contribution < -0.4 is 20.2 Å². The number of rotatable bonds is 4. The molecule has 0 atom stereocenters. The molecule has 0 spiro atoms. The van der Waals surface area contributed by atoms with Gasteiger partial charge in [-0.1, -0.05) is 0 Å². The van der Waals surface area contributed by atoms with Crippen molar-refractivity contribution >= 4 is 21.5 Å². The van der Waals surface area contributed by atoms with Gasteiger partial charge >= 0.3 is 25.2 Å². The molecule has 3 aromatic rings. The summed E-state index contributed by atoms with van der Waals surface area (Å²) in [6, 6.07) is 11.3. The minimum absolute atomic E-state index is 0.0848. The zero-order chi connectivity index (χ0) is 26.6. The molecule has 2 fully saturated rings. The van der Waals surface area contributed by atoms with Crippen LogP contribution >= 0.6 is 10.1 Å². The van der Waals surface area contributed by atoms with Crippen molar-refractivity contribution in [2.75, 3.05) is 90.3 Å². The van der Waals surface area contributed by atoms with Gasteiger partial charge in [-0.15, -0.1) is 11.4 Å². The number of hydrogen-bond donors (Lipinski definition) is 0. The number of likely N-dealkylation sites (N-methyl/N-ethyl adjacent to an activating group) is 2. The standard InChI is InChI=1S/C27H36N7O.ClH.Mn/c1-33(2)13-9-31(10-14-33)21-5-7-28-24(17-21)26-19-23(35)20-27(30-26)25-18-22(6-8-29-25)32-11-15-34(3,4)16-12-32;;/h5-8,17-20H,9-16H2,1-4H3;1H;/q+1;;+2/p-1. The second-order valence-electron chi connectivity index (χ2n) is 11.1. The van der Waals surface area contributed by atoms with Crippen LogP contribution in [0.25, 0.3) is 22.8 Å². The van der Waals surface area contributed by atoms with E-state index in [1.165, 1.54) is 0 Å². The number of nitrogens with zero attached hydrogens (tertiary/aromatic N) is 7. The number of halogens is 1. The monoisotopic (exact) mass is 564 g/mol. The number of quaternary nitrogens is 2. The third-order valence-corrected chi connectivity index (χ3v) is 7.44. The quantitative estimate of drug-likeness (QED) is 0.359. The Balaban J connectivity index is 0.00000156. The Hall–Kier alpha value is -2.42. The van der Waals surface area contributed by atoms with E-state index < -0.39 is 0 Å². The van der Waals surface area contributed by atoms with Crippen LogP contribution in [-0.2, 0) is 15.1 Å². The molecule has 0 unspecified atom stereocenters. The molecule has 10 heteroatoms. The van der Waals surface area contributed by atoms with E-state index in [2.05, 4.69) is 85.3 Å². The van der Waals surface area contributed by atoms with Crippen molar-refractivity contribution in [3.63, 3.8) is 0 Å². The molecule has 0 aromatic carbocycles. The fourth-order valence-electron chi connectivity index (χ4n) is 4.81. The van der Waals surface area contributed by atoms with Gasteiger partial charge in [-0.05, 0) is 36.4 Å². The summed E-state index contributed by atoms with van der Waals surface area (Å²) in [5.41, 5.74) is 4.78. The Morgan fingerprint density at radius 3 is 1.49 bits per heavy atom. The molecular formula is C27H36ClMnN7O+2. The van der Waals surface area contributed by atoms with Crippen LogP contribution in [0.4, 0.5) is 11.4 Å². The molecule has 0 saturated carbocycles. The van der Waals surface area contributed by atoms with Crippen LogP contribution in [0.2, 0.25) is 0 Å². The van der Waals surface area contributed by atoms with Crippen molar-refractivity contribution < 1.29 is 24.1 Å². The van der Waals surface area contributed by atoms with Gasteiger partial charge in [0.25, 0.3) is 0 Å². The second kappa shape index (κ2) is 11.5. The Morgan fingerprint density at radius 1 is 0.730 bits per heavy atom. The van der Waals surface area contributed by atoms with Crippen LogP contribution in [0.5, 0.6) is 0 Å². The van der Waals surface area contributed by atoms with Crippen molar-refractivity contribution in [2.24, 2.45) is 0 Å². The van der Waals surface area contributed by atoms with E-state index in [9.17, 15) is 4.79 Å². The summed E-state index contributed by atoms with van der Waals surface area (Å²) in [4.78, 5) is 31.4. The van der Waals surface area contributed by atoms with Crippen molar-refractivity contribution in [1.82, 2.24) is 15.0 Å². The van der Waals surface area contributed by atoms with Crippen LogP contribution in [0, 0.1) is 0 Å². The van der Waals surface area contributed by atoms with E-state index >= 15 is 0 Å². The Labute approximate surface area is 232 Å². The summed E-state index contributed by atoms with van der Waals surface area (Å²) in [5.74, 6) is 0. The first kappa shape index (κ1) is 27.6. The Bertz CT molecular complexity index is 1170. The number of pyridine rings is 3. The molecular weight excluding hydrogens is 529 g/mol. The molecule has 2 aliphatic rings. The van der Waals surface area contributed by atoms with Gasteiger partial charge in [-0.2, -0.15) is 0 Å². The van der Waals surface area contributed by atoms with E-state index in [1.807, 2.05) is 24.5 Å². The summed E-state index contributed by atoms with van der Waals surface area (Å²) in [7, 11) is 13.5. The number of anilines is 2. The number of aromatic nitrogens is 3. The predicted molar refractivity (Wildman–Crippen MR) is 146 cm³/mol. The van der Waals surface area contributed by atoms with Gasteiger partial charge in [0, 0.05) is 23.8 Å². The first-order valence-corrected chi connectivity index (χ1v) is 14.2. The molecule has 37 heavy (non-hydrogen) atoms. The maximum absolute atomic E-state index is 12.7. The zero-order valence-electron chi connectivity index (χ0n) is 22.1. The maximum atomic E-state index is 12.7. The summed E-state index contributed by atoms with van der Waals surface area (Å²) in [6.45, 7) is 8.41. The molecule has 8 nitrogen and oxygen atoms in total. The summed E-state index contributed by atoms with van der Waals surface area (Å²) in [6.07, 6.45) is 3.63. The Kier molecular flexibility index (Phi) is 8.61. The average molecular weight is 565 g/mol. The van der Waals surface area contributed by atoms with Gasteiger partial charge in [0.15, 0.2) is 5.43 Å². The van der Waals surface area contributed by atoms with E-state index in [-0.39, 0.29) is 5.43 Å². The summed E-state index contributed by atoms with van der Waals surface area (Å²) < 4.78 is 2.08. The SMILES string of the molecule is C[N+]1(C)CCN(c2ccnc(-c3cc(=O)cc(-c4cc(N5CC[N+](C)(C)CC5)ccn4)[n-]3)c2)CC1.[Cl][Mn+]. The Morgan fingerprint density at radius 2 is 1.11 bits per heavy atom. The van der Waals surface area contributed by atoms with Gasteiger partial charge in [0.2, 0.25) is 0 Å². The molecule has 0 N–H and O–H groups in total. The van der Waals surface area contributed by atoms with Crippen LogP contribution in [0.1, 0.15) is 0 Å². The third kappa shape index (κ3) is 6.92. The van der Waals surface area contributed by atoms with Crippen LogP contribution in [0.3, 0.4) is 0 Å². The molecule has 0 radical (unpaired) electrons. The molecule has 0 bridgehead atoms. The van der Waals surface area contributed by atoms with Crippen LogP contribution in [-0.4, -0.2) is 99.5 Å². The van der Waals surface area contributed by atoms with Crippen LogP contribution in [0.15, 0.2) is 53.6 Å². The first-order chi connectivity index (χ1) is 17.7. The van der Waals surface area contributed by atoms with Gasteiger partial charge in [-0.25, -0.2) is 0 Å². The van der Waals surface area contributed by atoms with Crippen molar-refractivity contribution in [3.8, 4) is 22.8 Å². The molecule has 3 aromatic heterocycles. The molecule has 0 aliphatic carbocycles. The molecule has 2 saturated heterocycles. The van der Waals surface area contributed by atoms with Crippen molar-refractivity contribution in [2.45, 2.75) is 0 Å². The fourth-order valence-corrected chi connectivity index (χ4v) is 4.81. The van der Waals surface area contributed by atoms with E-state index in [1.54, 1.807) is 12.1 Å². The molecule has 5 heterocycles. The predicted octanol–water partition coefficient (Wildman–Crippen LogP) is 2.61.